The average Bonchev–Trinajstić information content (AvgIpc) is 2.70. The van der Waals surface area contributed by atoms with Gasteiger partial charge in [-0.1, -0.05) is 13.8 Å². The molecule has 3 N–H and O–H groups in total. The van der Waals surface area contributed by atoms with Crippen LogP contribution < -0.4 is 11.1 Å². The van der Waals surface area contributed by atoms with Crippen LogP contribution in [0.5, 0.6) is 0 Å². The van der Waals surface area contributed by atoms with Gasteiger partial charge in [0.1, 0.15) is 0 Å². The molecule has 0 spiro atoms. The van der Waals surface area contributed by atoms with Crippen LogP contribution in [-0.2, 0) is 0 Å². The SMILES string of the molecule is CCCNC(N)=NCC1CCCN1CC.I. The number of aliphatic imine (C=N–C) groups is 1. The second-order valence-electron chi connectivity index (χ2n) is 4.08. The molecule has 96 valence electrons. The highest BCUT2D eigenvalue weighted by Gasteiger charge is 2.22. The third-order valence-corrected chi connectivity index (χ3v) is 2.93. The summed E-state index contributed by atoms with van der Waals surface area (Å²) in [5.74, 6) is 0.597. The summed E-state index contributed by atoms with van der Waals surface area (Å²) in [4.78, 5) is 6.87. The number of nitrogens with one attached hydrogen (secondary N) is 1. The molecule has 0 bridgehead atoms. The summed E-state index contributed by atoms with van der Waals surface area (Å²) in [5.41, 5.74) is 5.75. The Bertz CT molecular complexity index is 208. The van der Waals surface area contributed by atoms with Crippen molar-refractivity contribution in [3.8, 4) is 0 Å². The molecule has 0 aromatic rings. The number of rotatable bonds is 5. The number of likely N-dealkylation sites (tertiary alicyclic amines) is 1. The zero-order chi connectivity index (χ0) is 11.1. The highest BCUT2D eigenvalue weighted by Crippen LogP contribution is 2.16. The van der Waals surface area contributed by atoms with Crippen molar-refractivity contribution in [2.75, 3.05) is 26.2 Å². The van der Waals surface area contributed by atoms with Gasteiger partial charge in [0.05, 0.1) is 6.54 Å². The molecule has 4 nitrogen and oxygen atoms in total. The molecule has 0 radical (unpaired) electrons. The molecule has 5 heteroatoms. The Hall–Kier alpha value is -0.0400. The number of hydrogen-bond donors (Lipinski definition) is 2. The quantitative estimate of drug-likeness (QED) is 0.452. The van der Waals surface area contributed by atoms with Gasteiger partial charge < -0.3 is 11.1 Å². The molecule has 1 heterocycles. The average molecular weight is 340 g/mol. The molecule has 1 saturated heterocycles. The van der Waals surface area contributed by atoms with Crippen molar-refractivity contribution in [3.05, 3.63) is 0 Å². The second kappa shape index (κ2) is 9.04. The molecule has 0 amide bonds. The van der Waals surface area contributed by atoms with Crippen LogP contribution in [0.3, 0.4) is 0 Å². The Morgan fingerprint density at radius 3 is 2.88 bits per heavy atom. The van der Waals surface area contributed by atoms with Crippen molar-refractivity contribution < 1.29 is 0 Å². The smallest absolute Gasteiger partial charge is 0.188 e. The Morgan fingerprint density at radius 1 is 1.50 bits per heavy atom. The van der Waals surface area contributed by atoms with Crippen molar-refractivity contribution in [1.29, 1.82) is 0 Å². The summed E-state index contributed by atoms with van der Waals surface area (Å²) in [5, 5.41) is 3.10. The molecule has 1 rings (SSSR count). The molecule has 1 fully saturated rings. The van der Waals surface area contributed by atoms with Crippen molar-refractivity contribution in [1.82, 2.24) is 10.2 Å². The van der Waals surface area contributed by atoms with E-state index in [0.29, 0.717) is 12.0 Å². The van der Waals surface area contributed by atoms with Gasteiger partial charge in [0, 0.05) is 12.6 Å². The number of hydrogen-bond acceptors (Lipinski definition) is 2. The van der Waals surface area contributed by atoms with E-state index in [0.717, 1.165) is 26.1 Å². The van der Waals surface area contributed by atoms with Gasteiger partial charge in [-0.25, -0.2) is 0 Å². The lowest BCUT2D eigenvalue weighted by Crippen LogP contribution is -2.36. The second-order valence-corrected chi connectivity index (χ2v) is 4.08. The fraction of sp³-hybridized carbons (Fsp3) is 0.909. The van der Waals surface area contributed by atoms with Gasteiger partial charge in [-0.15, -0.1) is 24.0 Å². The topological polar surface area (TPSA) is 53.6 Å². The lowest BCUT2D eigenvalue weighted by Gasteiger charge is -2.20. The maximum Gasteiger partial charge on any atom is 0.188 e. The minimum Gasteiger partial charge on any atom is -0.370 e. The predicted molar refractivity (Wildman–Crippen MR) is 80.5 cm³/mol. The van der Waals surface area contributed by atoms with E-state index >= 15 is 0 Å². The van der Waals surface area contributed by atoms with Gasteiger partial charge in [0.15, 0.2) is 5.96 Å². The Balaban J connectivity index is 0.00000225. The van der Waals surface area contributed by atoms with E-state index in [1.807, 2.05) is 0 Å². The minimum atomic E-state index is 0. The van der Waals surface area contributed by atoms with Crippen LogP contribution in [0.15, 0.2) is 4.99 Å². The normalized spacial score (nSPS) is 21.9. The van der Waals surface area contributed by atoms with Crippen LogP contribution in [0.2, 0.25) is 0 Å². The van der Waals surface area contributed by atoms with Crippen molar-refractivity contribution in [3.63, 3.8) is 0 Å². The van der Waals surface area contributed by atoms with Gasteiger partial charge in [0.25, 0.3) is 0 Å². The predicted octanol–water partition coefficient (Wildman–Crippen LogP) is 1.40. The van der Waals surface area contributed by atoms with Gasteiger partial charge in [-0.05, 0) is 32.4 Å². The summed E-state index contributed by atoms with van der Waals surface area (Å²) in [7, 11) is 0. The number of nitrogens with zero attached hydrogens (tertiary/aromatic N) is 2. The maximum atomic E-state index is 5.75. The zero-order valence-corrected chi connectivity index (χ0v) is 12.7. The third kappa shape index (κ3) is 5.34. The van der Waals surface area contributed by atoms with E-state index in [4.69, 9.17) is 5.73 Å². The Kier molecular flexibility index (Phi) is 9.02. The van der Waals surface area contributed by atoms with Crippen molar-refractivity contribution >= 4 is 29.9 Å². The molecule has 0 aromatic carbocycles. The van der Waals surface area contributed by atoms with Crippen LogP contribution in [0.1, 0.15) is 33.1 Å². The highest BCUT2D eigenvalue weighted by atomic mass is 127. The number of nitrogens with two attached hydrogens (primary N) is 1. The number of halogens is 1. The van der Waals surface area contributed by atoms with Crippen LogP contribution in [0, 0.1) is 0 Å². The molecule has 16 heavy (non-hydrogen) atoms. The van der Waals surface area contributed by atoms with Gasteiger partial charge in [-0.2, -0.15) is 0 Å². The summed E-state index contributed by atoms with van der Waals surface area (Å²) in [6.45, 7) is 8.44. The molecule has 0 aliphatic carbocycles. The molecular formula is C11H25IN4. The van der Waals surface area contributed by atoms with E-state index in [1.54, 1.807) is 0 Å². The molecule has 0 saturated carbocycles. The van der Waals surface area contributed by atoms with Crippen molar-refractivity contribution in [2.24, 2.45) is 10.7 Å². The minimum absolute atomic E-state index is 0. The van der Waals surface area contributed by atoms with E-state index < -0.39 is 0 Å². The third-order valence-electron chi connectivity index (χ3n) is 2.93. The monoisotopic (exact) mass is 340 g/mol. The number of guanidine groups is 1. The van der Waals surface area contributed by atoms with E-state index in [2.05, 4.69) is 29.1 Å². The van der Waals surface area contributed by atoms with E-state index in [1.165, 1.54) is 19.4 Å². The molecular weight excluding hydrogens is 315 g/mol. The fourth-order valence-corrected chi connectivity index (χ4v) is 2.03. The molecule has 1 aliphatic rings. The van der Waals surface area contributed by atoms with Gasteiger partial charge >= 0.3 is 0 Å². The first-order chi connectivity index (χ1) is 7.27. The highest BCUT2D eigenvalue weighted by molar-refractivity contribution is 14.0. The van der Waals surface area contributed by atoms with Crippen LogP contribution >= 0.6 is 24.0 Å². The summed E-state index contributed by atoms with van der Waals surface area (Å²) in [6, 6.07) is 0.608. The first-order valence-electron chi connectivity index (χ1n) is 6.05. The summed E-state index contributed by atoms with van der Waals surface area (Å²) < 4.78 is 0. The van der Waals surface area contributed by atoms with Crippen LogP contribution in [-0.4, -0.2) is 43.1 Å². The van der Waals surface area contributed by atoms with E-state index in [-0.39, 0.29) is 24.0 Å². The zero-order valence-electron chi connectivity index (χ0n) is 10.4. The molecule has 0 aromatic heterocycles. The van der Waals surface area contributed by atoms with Gasteiger partial charge in [0.2, 0.25) is 0 Å². The molecule has 1 unspecified atom stereocenters. The lowest BCUT2D eigenvalue weighted by molar-refractivity contribution is 0.273. The van der Waals surface area contributed by atoms with Crippen LogP contribution in [0.4, 0.5) is 0 Å². The van der Waals surface area contributed by atoms with Crippen molar-refractivity contribution in [2.45, 2.75) is 39.2 Å². The lowest BCUT2D eigenvalue weighted by atomic mass is 10.2. The summed E-state index contributed by atoms with van der Waals surface area (Å²) in [6.07, 6.45) is 3.65. The molecule has 1 atom stereocenters. The largest absolute Gasteiger partial charge is 0.370 e. The fourth-order valence-electron chi connectivity index (χ4n) is 2.03. The first-order valence-corrected chi connectivity index (χ1v) is 6.05. The van der Waals surface area contributed by atoms with Crippen LogP contribution in [0.25, 0.3) is 0 Å². The molecule has 1 aliphatic heterocycles. The Labute approximate surface area is 116 Å². The van der Waals surface area contributed by atoms with E-state index in [9.17, 15) is 0 Å². The standard InChI is InChI=1S/C11H24N4.HI/c1-3-7-13-11(12)14-9-10-6-5-8-15(10)4-2;/h10H,3-9H2,1-2H3,(H3,12,13,14);1H. The number of likely N-dealkylation sites (N-methyl/N-ethyl adjacent to an activating group) is 1. The maximum absolute atomic E-state index is 5.75. The first kappa shape index (κ1) is 16.0. The summed E-state index contributed by atoms with van der Waals surface area (Å²) >= 11 is 0. The van der Waals surface area contributed by atoms with Gasteiger partial charge in [-0.3, -0.25) is 9.89 Å². The Morgan fingerprint density at radius 2 is 2.25 bits per heavy atom.